The molecule has 0 aromatic heterocycles. The highest BCUT2D eigenvalue weighted by molar-refractivity contribution is 7.99. The summed E-state index contributed by atoms with van der Waals surface area (Å²) in [6.07, 6.45) is 3.43. The van der Waals surface area contributed by atoms with Gasteiger partial charge < -0.3 is 9.84 Å². The molecular weight excluding hydrogens is 244 g/mol. The number of aliphatic hydroxyl groups excluding tert-OH is 1. The van der Waals surface area contributed by atoms with E-state index in [4.69, 9.17) is 4.74 Å². The smallest absolute Gasteiger partial charge is 0.120 e. The first-order valence-electron chi connectivity index (χ1n) is 6.73. The summed E-state index contributed by atoms with van der Waals surface area (Å²) in [5.74, 6) is 2.02. The van der Waals surface area contributed by atoms with E-state index in [0.717, 1.165) is 17.7 Å². The Morgan fingerprint density at radius 3 is 2.83 bits per heavy atom. The number of hydrogen-bond acceptors (Lipinski definition) is 3. The van der Waals surface area contributed by atoms with Crippen LogP contribution in [0.4, 0.5) is 0 Å². The second kappa shape index (κ2) is 6.48. The first kappa shape index (κ1) is 13.8. The molecule has 1 N–H and O–H groups in total. The van der Waals surface area contributed by atoms with Crippen molar-refractivity contribution in [3.8, 4) is 5.75 Å². The Balaban J connectivity index is 2.06. The molecule has 0 bridgehead atoms. The van der Waals surface area contributed by atoms with Gasteiger partial charge in [-0.2, -0.15) is 11.8 Å². The molecule has 3 heteroatoms. The van der Waals surface area contributed by atoms with Crippen LogP contribution < -0.4 is 4.74 Å². The van der Waals surface area contributed by atoms with Crippen LogP contribution in [0.15, 0.2) is 24.3 Å². The van der Waals surface area contributed by atoms with Crippen molar-refractivity contribution >= 4 is 11.8 Å². The summed E-state index contributed by atoms with van der Waals surface area (Å²) in [6, 6.07) is 7.88. The minimum absolute atomic E-state index is 0.168. The number of benzene rings is 1. The topological polar surface area (TPSA) is 29.5 Å². The zero-order valence-electron chi connectivity index (χ0n) is 11.1. The fraction of sp³-hybridized carbons (Fsp3) is 0.600. The Kier molecular flexibility index (Phi) is 4.95. The van der Waals surface area contributed by atoms with Crippen LogP contribution in [0.1, 0.15) is 44.8 Å². The molecule has 0 aliphatic carbocycles. The first-order valence-corrected chi connectivity index (χ1v) is 7.78. The van der Waals surface area contributed by atoms with Crippen LogP contribution in [0.5, 0.6) is 5.75 Å². The molecule has 0 amide bonds. The normalized spacial score (nSPS) is 21.9. The summed E-state index contributed by atoms with van der Waals surface area (Å²) in [5.41, 5.74) is 0.979. The molecule has 2 nitrogen and oxygen atoms in total. The first-order chi connectivity index (χ1) is 8.66. The van der Waals surface area contributed by atoms with Gasteiger partial charge in [0.2, 0.25) is 0 Å². The molecule has 1 heterocycles. The number of aliphatic hydroxyl groups is 1. The third-order valence-corrected chi connectivity index (χ3v) is 4.58. The van der Waals surface area contributed by atoms with Gasteiger partial charge in [0.15, 0.2) is 0 Å². The number of thioether (sulfide) groups is 1. The fourth-order valence-electron chi connectivity index (χ4n) is 2.27. The van der Waals surface area contributed by atoms with Gasteiger partial charge in [0.1, 0.15) is 5.75 Å². The van der Waals surface area contributed by atoms with E-state index >= 15 is 0 Å². The van der Waals surface area contributed by atoms with Gasteiger partial charge in [0.25, 0.3) is 0 Å². The van der Waals surface area contributed by atoms with Crippen LogP contribution in [0.2, 0.25) is 0 Å². The largest absolute Gasteiger partial charge is 0.491 e. The highest BCUT2D eigenvalue weighted by Crippen LogP contribution is 2.35. The van der Waals surface area contributed by atoms with Gasteiger partial charge in [0.05, 0.1) is 12.2 Å². The minimum atomic E-state index is -0.369. The van der Waals surface area contributed by atoms with Crippen LogP contribution in [-0.4, -0.2) is 22.2 Å². The van der Waals surface area contributed by atoms with E-state index in [1.54, 1.807) is 0 Å². The molecule has 2 atom stereocenters. The Morgan fingerprint density at radius 1 is 1.33 bits per heavy atom. The summed E-state index contributed by atoms with van der Waals surface area (Å²) >= 11 is 1.90. The monoisotopic (exact) mass is 266 g/mol. The zero-order valence-corrected chi connectivity index (χ0v) is 12.0. The lowest BCUT2D eigenvalue weighted by molar-refractivity contribution is 0.167. The molecule has 0 radical (unpaired) electrons. The Morgan fingerprint density at radius 2 is 2.17 bits per heavy atom. The van der Waals surface area contributed by atoms with Crippen molar-refractivity contribution in [2.45, 2.75) is 50.6 Å². The standard InChI is InChI=1S/C15H22O2S/c1-11(2)17-13-7-5-6-12(10-13)15(16)14-8-3-4-9-18-14/h5-7,10-11,14-16H,3-4,8-9H2,1-2H3. The molecular formula is C15H22O2S. The Labute approximate surface area is 114 Å². The van der Waals surface area contributed by atoms with E-state index in [1.165, 1.54) is 18.6 Å². The maximum absolute atomic E-state index is 10.4. The molecule has 1 saturated heterocycles. The number of hydrogen-bond donors (Lipinski definition) is 1. The maximum atomic E-state index is 10.4. The molecule has 0 spiro atoms. The predicted molar refractivity (Wildman–Crippen MR) is 77.3 cm³/mol. The van der Waals surface area contributed by atoms with Gasteiger partial charge in [-0.25, -0.2) is 0 Å². The molecule has 2 rings (SSSR count). The van der Waals surface area contributed by atoms with Crippen LogP contribution >= 0.6 is 11.8 Å². The molecule has 1 aliphatic heterocycles. The number of ether oxygens (including phenoxy) is 1. The van der Waals surface area contributed by atoms with E-state index in [0.29, 0.717) is 5.25 Å². The summed E-state index contributed by atoms with van der Waals surface area (Å²) in [5, 5.41) is 10.8. The third-order valence-electron chi connectivity index (χ3n) is 3.14. The van der Waals surface area contributed by atoms with Gasteiger partial charge in [-0.15, -0.1) is 0 Å². The maximum Gasteiger partial charge on any atom is 0.120 e. The second-order valence-electron chi connectivity index (χ2n) is 5.09. The average Bonchev–Trinajstić information content (AvgIpc) is 2.38. The van der Waals surface area contributed by atoms with Crippen molar-refractivity contribution in [1.82, 2.24) is 0 Å². The molecule has 100 valence electrons. The molecule has 2 unspecified atom stereocenters. The van der Waals surface area contributed by atoms with Gasteiger partial charge in [0, 0.05) is 5.25 Å². The van der Waals surface area contributed by atoms with Crippen LogP contribution in [0.3, 0.4) is 0 Å². The van der Waals surface area contributed by atoms with Crippen molar-refractivity contribution < 1.29 is 9.84 Å². The highest BCUT2D eigenvalue weighted by Gasteiger charge is 2.23. The lowest BCUT2D eigenvalue weighted by atomic mass is 10.0. The van der Waals surface area contributed by atoms with Crippen molar-refractivity contribution in [3.05, 3.63) is 29.8 Å². The lowest BCUT2D eigenvalue weighted by Gasteiger charge is -2.26. The molecule has 1 fully saturated rings. The van der Waals surface area contributed by atoms with E-state index < -0.39 is 0 Å². The van der Waals surface area contributed by atoms with E-state index in [2.05, 4.69) is 0 Å². The van der Waals surface area contributed by atoms with E-state index in [-0.39, 0.29) is 12.2 Å². The molecule has 1 aliphatic rings. The quantitative estimate of drug-likeness (QED) is 0.899. The summed E-state index contributed by atoms with van der Waals surface area (Å²) < 4.78 is 5.67. The van der Waals surface area contributed by atoms with Crippen molar-refractivity contribution in [2.75, 3.05) is 5.75 Å². The van der Waals surface area contributed by atoms with Gasteiger partial charge >= 0.3 is 0 Å². The highest BCUT2D eigenvalue weighted by atomic mass is 32.2. The fourth-order valence-corrected chi connectivity index (χ4v) is 3.62. The molecule has 0 saturated carbocycles. The van der Waals surface area contributed by atoms with E-state index in [1.807, 2.05) is 49.9 Å². The second-order valence-corrected chi connectivity index (χ2v) is 6.44. The molecule has 1 aromatic carbocycles. The van der Waals surface area contributed by atoms with Crippen LogP contribution in [0, 0.1) is 0 Å². The van der Waals surface area contributed by atoms with Crippen molar-refractivity contribution in [1.29, 1.82) is 0 Å². The summed E-state index contributed by atoms with van der Waals surface area (Å²) in [7, 11) is 0. The van der Waals surface area contributed by atoms with Gasteiger partial charge in [-0.3, -0.25) is 0 Å². The zero-order chi connectivity index (χ0) is 13.0. The minimum Gasteiger partial charge on any atom is -0.491 e. The van der Waals surface area contributed by atoms with E-state index in [9.17, 15) is 5.11 Å². The summed E-state index contributed by atoms with van der Waals surface area (Å²) in [6.45, 7) is 4.03. The van der Waals surface area contributed by atoms with Crippen molar-refractivity contribution in [3.63, 3.8) is 0 Å². The SMILES string of the molecule is CC(C)Oc1cccc(C(O)C2CCCCS2)c1. The number of rotatable bonds is 4. The Bertz CT molecular complexity index is 373. The van der Waals surface area contributed by atoms with Crippen LogP contribution in [-0.2, 0) is 0 Å². The average molecular weight is 266 g/mol. The van der Waals surface area contributed by atoms with Crippen LogP contribution in [0.25, 0.3) is 0 Å². The summed E-state index contributed by atoms with van der Waals surface area (Å²) in [4.78, 5) is 0. The Hall–Kier alpha value is -0.670. The molecule has 1 aromatic rings. The predicted octanol–water partition coefficient (Wildman–Crippen LogP) is 3.79. The third kappa shape index (κ3) is 3.66. The molecule has 18 heavy (non-hydrogen) atoms. The lowest BCUT2D eigenvalue weighted by Crippen LogP contribution is -2.19. The van der Waals surface area contributed by atoms with Gasteiger partial charge in [-0.1, -0.05) is 18.6 Å². The van der Waals surface area contributed by atoms with Gasteiger partial charge in [-0.05, 0) is 50.1 Å². The van der Waals surface area contributed by atoms with Crippen molar-refractivity contribution in [2.24, 2.45) is 0 Å².